The Kier molecular flexibility index (Phi) is 5.14. The highest BCUT2D eigenvalue weighted by atomic mass is 16.5. The summed E-state index contributed by atoms with van der Waals surface area (Å²) in [6, 6.07) is 8.08. The first-order valence-electron chi connectivity index (χ1n) is 7.45. The summed E-state index contributed by atoms with van der Waals surface area (Å²) < 4.78 is 6.03. The van der Waals surface area contributed by atoms with Gasteiger partial charge in [0.15, 0.2) is 0 Å². The smallest absolute Gasteiger partial charge is 0.227 e. The zero-order valence-electron chi connectivity index (χ0n) is 13.2. The molecule has 0 aliphatic carbocycles. The molecule has 0 bridgehead atoms. The summed E-state index contributed by atoms with van der Waals surface area (Å²) in [6.07, 6.45) is 2.59. The molecule has 1 aromatic carbocycles. The summed E-state index contributed by atoms with van der Waals surface area (Å²) >= 11 is 0. The van der Waals surface area contributed by atoms with Gasteiger partial charge in [-0.1, -0.05) is 39.0 Å². The van der Waals surface area contributed by atoms with Crippen LogP contribution < -0.4 is 10.1 Å². The van der Waals surface area contributed by atoms with Gasteiger partial charge in [0.25, 0.3) is 0 Å². The van der Waals surface area contributed by atoms with E-state index in [0.29, 0.717) is 11.8 Å². The number of hydrogen-bond acceptors (Lipinski definition) is 4. The molecular formula is C17H23N3O. The van der Waals surface area contributed by atoms with E-state index in [1.807, 2.05) is 25.1 Å². The number of nitrogens with one attached hydrogen (secondary N) is 1. The third-order valence-electron chi connectivity index (χ3n) is 3.33. The second-order valence-corrected chi connectivity index (χ2v) is 5.37. The fraction of sp³-hybridized carbons (Fsp3) is 0.412. The van der Waals surface area contributed by atoms with E-state index in [4.69, 9.17) is 4.74 Å². The topological polar surface area (TPSA) is 47.0 Å². The van der Waals surface area contributed by atoms with Crippen LogP contribution in [-0.4, -0.2) is 16.5 Å². The molecule has 4 heteroatoms. The maximum Gasteiger partial charge on any atom is 0.227 e. The van der Waals surface area contributed by atoms with Crippen molar-refractivity contribution in [1.29, 1.82) is 0 Å². The molecule has 1 aromatic heterocycles. The Balaban J connectivity index is 2.28. The number of anilines is 1. The molecule has 2 rings (SSSR count). The lowest BCUT2D eigenvalue weighted by Gasteiger charge is -2.15. The lowest BCUT2D eigenvalue weighted by atomic mass is 10.0. The highest BCUT2D eigenvalue weighted by Gasteiger charge is 2.12. The number of ether oxygens (including phenoxy) is 1. The van der Waals surface area contributed by atoms with Crippen molar-refractivity contribution in [3.8, 4) is 11.6 Å². The van der Waals surface area contributed by atoms with Gasteiger partial charge in [-0.25, -0.2) is 9.97 Å². The number of aromatic nitrogens is 2. The minimum atomic E-state index is 0.404. The van der Waals surface area contributed by atoms with Crippen molar-refractivity contribution in [3.63, 3.8) is 0 Å². The molecule has 0 aliphatic heterocycles. The third-order valence-corrected chi connectivity index (χ3v) is 3.33. The molecule has 0 fully saturated rings. The van der Waals surface area contributed by atoms with E-state index in [1.165, 1.54) is 11.9 Å². The van der Waals surface area contributed by atoms with Gasteiger partial charge in [-0.15, -0.1) is 0 Å². The van der Waals surface area contributed by atoms with Gasteiger partial charge in [0.05, 0.1) is 5.56 Å². The van der Waals surface area contributed by atoms with Gasteiger partial charge in [0, 0.05) is 6.54 Å². The van der Waals surface area contributed by atoms with Crippen LogP contribution >= 0.6 is 0 Å². The van der Waals surface area contributed by atoms with Gasteiger partial charge in [0.1, 0.15) is 17.9 Å². The van der Waals surface area contributed by atoms with Gasteiger partial charge < -0.3 is 10.1 Å². The predicted molar refractivity (Wildman–Crippen MR) is 86.2 cm³/mol. The summed E-state index contributed by atoms with van der Waals surface area (Å²) in [5.41, 5.74) is 2.11. The largest absolute Gasteiger partial charge is 0.438 e. The minimum absolute atomic E-state index is 0.404. The summed E-state index contributed by atoms with van der Waals surface area (Å²) in [5.74, 6) is 2.71. The lowest BCUT2D eigenvalue weighted by Crippen LogP contribution is -2.06. The second-order valence-electron chi connectivity index (χ2n) is 5.37. The molecule has 112 valence electrons. The lowest BCUT2D eigenvalue weighted by molar-refractivity contribution is 0.449. The number of rotatable bonds is 6. The molecule has 1 N–H and O–H groups in total. The molecule has 0 radical (unpaired) electrons. The predicted octanol–water partition coefficient (Wildman–Crippen LogP) is 4.52. The van der Waals surface area contributed by atoms with Crippen LogP contribution in [0.3, 0.4) is 0 Å². The summed E-state index contributed by atoms with van der Waals surface area (Å²) in [5, 5.41) is 3.30. The quantitative estimate of drug-likeness (QED) is 0.847. The van der Waals surface area contributed by atoms with Crippen LogP contribution in [0, 0.1) is 6.92 Å². The average molecular weight is 285 g/mol. The highest BCUT2D eigenvalue weighted by Crippen LogP contribution is 2.31. The van der Waals surface area contributed by atoms with Crippen LogP contribution in [0.2, 0.25) is 0 Å². The van der Waals surface area contributed by atoms with E-state index in [0.717, 1.165) is 30.1 Å². The molecule has 0 unspecified atom stereocenters. The van der Waals surface area contributed by atoms with Gasteiger partial charge in [-0.2, -0.15) is 0 Å². The highest BCUT2D eigenvalue weighted by molar-refractivity contribution is 5.49. The first-order valence-corrected chi connectivity index (χ1v) is 7.45. The Labute approximate surface area is 126 Å². The Morgan fingerprint density at radius 1 is 1.19 bits per heavy atom. The maximum atomic E-state index is 6.03. The fourth-order valence-corrected chi connectivity index (χ4v) is 2.11. The Hall–Kier alpha value is -2.10. The van der Waals surface area contributed by atoms with Crippen molar-refractivity contribution in [3.05, 3.63) is 41.7 Å². The Morgan fingerprint density at radius 3 is 2.67 bits per heavy atom. The molecule has 0 saturated carbocycles. The molecule has 2 aromatic rings. The first-order chi connectivity index (χ1) is 10.1. The normalized spacial score (nSPS) is 10.7. The van der Waals surface area contributed by atoms with Crippen molar-refractivity contribution in [2.75, 3.05) is 11.9 Å². The summed E-state index contributed by atoms with van der Waals surface area (Å²) in [4.78, 5) is 8.54. The van der Waals surface area contributed by atoms with Crippen LogP contribution in [-0.2, 0) is 0 Å². The van der Waals surface area contributed by atoms with Crippen molar-refractivity contribution >= 4 is 5.82 Å². The number of benzene rings is 1. The molecule has 4 nitrogen and oxygen atoms in total. The van der Waals surface area contributed by atoms with Crippen LogP contribution in [0.25, 0.3) is 0 Å². The standard InChI is InChI=1S/C17H23N3O/c1-5-10-18-16-13(4)17(20-11-19-16)21-15-9-7-6-8-14(15)12(2)3/h6-9,11-12H,5,10H2,1-4H3,(H,18,19,20). The van der Waals surface area contributed by atoms with Crippen molar-refractivity contribution < 1.29 is 4.74 Å². The molecule has 0 amide bonds. The molecule has 0 aliphatic rings. The van der Waals surface area contributed by atoms with Crippen LogP contribution in [0.15, 0.2) is 30.6 Å². The number of nitrogens with zero attached hydrogens (tertiary/aromatic N) is 2. The summed E-state index contributed by atoms with van der Waals surface area (Å²) in [6.45, 7) is 9.30. The fourth-order valence-electron chi connectivity index (χ4n) is 2.11. The molecule has 0 spiro atoms. The first kappa shape index (κ1) is 15.3. The summed E-state index contributed by atoms with van der Waals surface area (Å²) in [7, 11) is 0. The van der Waals surface area contributed by atoms with E-state index in [-0.39, 0.29) is 0 Å². The van der Waals surface area contributed by atoms with Crippen molar-refractivity contribution in [2.45, 2.75) is 40.0 Å². The van der Waals surface area contributed by atoms with E-state index in [2.05, 4.69) is 42.1 Å². The molecular weight excluding hydrogens is 262 g/mol. The number of para-hydroxylation sites is 1. The molecule has 21 heavy (non-hydrogen) atoms. The van der Waals surface area contributed by atoms with Gasteiger partial charge >= 0.3 is 0 Å². The average Bonchev–Trinajstić information content (AvgIpc) is 2.48. The number of hydrogen-bond donors (Lipinski definition) is 1. The Morgan fingerprint density at radius 2 is 1.95 bits per heavy atom. The monoisotopic (exact) mass is 285 g/mol. The van der Waals surface area contributed by atoms with Gasteiger partial charge in [0.2, 0.25) is 5.88 Å². The Bertz CT molecular complexity index is 596. The zero-order valence-corrected chi connectivity index (χ0v) is 13.2. The van der Waals surface area contributed by atoms with E-state index in [1.54, 1.807) is 0 Å². The molecule has 0 atom stereocenters. The van der Waals surface area contributed by atoms with Crippen molar-refractivity contribution in [2.24, 2.45) is 0 Å². The van der Waals surface area contributed by atoms with Crippen LogP contribution in [0.4, 0.5) is 5.82 Å². The van der Waals surface area contributed by atoms with E-state index >= 15 is 0 Å². The van der Waals surface area contributed by atoms with E-state index in [9.17, 15) is 0 Å². The van der Waals surface area contributed by atoms with Gasteiger partial charge in [-0.3, -0.25) is 0 Å². The third kappa shape index (κ3) is 3.72. The second kappa shape index (κ2) is 7.07. The SMILES string of the molecule is CCCNc1ncnc(Oc2ccccc2C(C)C)c1C. The zero-order chi connectivity index (χ0) is 15.2. The van der Waals surface area contributed by atoms with Crippen LogP contribution in [0.5, 0.6) is 11.6 Å². The minimum Gasteiger partial charge on any atom is -0.438 e. The van der Waals surface area contributed by atoms with Crippen LogP contribution in [0.1, 0.15) is 44.2 Å². The van der Waals surface area contributed by atoms with Crippen molar-refractivity contribution in [1.82, 2.24) is 9.97 Å². The molecule has 0 saturated heterocycles. The van der Waals surface area contributed by atoms with E-state index < -0.39 is 0 Å². The molecule has 1 heterocycles. The maximum absolute atomic E-state index is 6.03. The van der Waals surface area contributed by atoms with Gasteiger partial charge in [-0.05, 0) is 30.9 Å².